The molecular formula is C23H22N8O2. The summed E-state index contributed by atoms with van der Waals surface area (Å²) in [4.78, 5) is 35.6. The maximum Gasteiger partial charge on any atom is 0.294 e. The average molecular weight is 442 g/mol. The van der Waals surface area contributed by atoms with Crippen molar-refractivity contribution in [1.29, 1.82) is 0 Å². The van der Waals surface area contributed by atoms with Crippen molar-refractivity contribution >= 4 is 17.6 Å². The number of benzene rings is 1. The molecule has 2 amide bonds. The molecule has 166 valence electrons. The molecule has 10 nitrogen and oxygen atoms in total. The van der Waals surface area contributed by atoms with Crippen molar-refractivity contribution in [2.45, 2.75) is 25.3 Å². The number of nitrogens with one attached hydrogen (secondary N) is 2. The van der Waals surface area contributed by atoms with E-state index in [1.165, 1.54) is 0 Å². The van der Waals surface area contributed by atoms with Crippen molar-refractivity contribution in [2.24, 2.45) is 0 Å². The number of likely N-dealkylation sites (tertiary alicyclic amines) is 1. The molecule has 1 saturated heterocycles. The molecule has 2 N–H and O–H groups in total. The van der Waals surface area contributed by atoms with Gasteiger partial charge in [0.05, 0.1) is 17.4 Å². The van der Waals surface area contributed by atoms with Crippen molar-refractivity contribution in [3.63, 3.8) is 0 Å². The summed E-state index contributed by atoms with van der Waals surface area (Å²) in [5.41, 5.74) is 2.09. The van der Waals surface area contributed by atoms with E-state index in [1.54, 1.807) is 46.5 Å². The first-order valence-electron chi connectivity index (χ1n) is 10.7. The van der Waals surface area contributed by atoms with Gasteiger partial charge in [-0.25, -0.2) is 9.67 Å². The molecule has 4 heterocycles. The lowest BCUT2D eigenvalue weighted by atomic mass is 9.99. The molecule has 4 aromatic rings. The second-order valence-corrected chi connectivity index (χ2v) is 7.76. The van der Waals surface area contributed by atoms with E-state index in [4.69, 9.17) is 0 Å². The van der Waals surface area contributed by atoms with Gasteiger partial charge in [-0.15, -0.1) is 5.10 Å². The summed E-state index contributed by atoms with van der Waals surface area (Å²) in [6, 6.07) is 14.4. The lowest BCUT2D eigenvalue weighted by Crippen LogP contribution is -2.39. The number of hydrogen-bond acceptors (Lipinski definition) is 6. The molecule has 0 radical (unpaired) electrons. The van der Waals surface area contributed by atoms with Crippen molar-refractivity contribution in [3.8, 4) is 5.69 Å². The highest BCUT2D eigenvalue weighted by atomic mass is 16.2. The third kappa shape index (κ3) is 4.36. The fraction of sp³-hybridized carbons (Fsp3) is 0.217. The van der Waals surface area contributed by atoms with Gasteiger partial charge >= 0.3 is 0 Å². The van der Waals surface area contributed by atoms with Crippen LogP contribution < -0.4 is 5.32 Å². The van der Waals surface area contributed by atoms with Crippen LogP contribution in [0.5, 0.6) is 0 Å². The van der Waals surface area contributed by atoms with Crippen molar-refractivity contribution in [1.82, 2.24) is 34.8 Å². The van der Waals surface area contributed by atoms with E-state index in [1.807, 2.05) is 30.3 Å². The van der Waals surface area contributed by atoms with E-state index >= 15 is 0 Å². The Morgan fingerprint density at radius 1 is 1.06 bits per heavy atom. The molecule has 1 fully saturated rings. The van der Waals surface area contributed by atoms with Crippen LogP contribution >= 0.6 is 0 Å². The van der Waals surface area contributed by atoms with Crippen LogP contribution in [0.15, 0.2) is 67.3 Å². The van der Waals surface area contributed by atoms with Gasteiger partial charge in [0.2, 0.25) is 5.82 Å². The van der Waals surface area contributed by atoms with Crippen LogP contribution in [0.4, 0.5) is 5.82 Å². The molecule has 0 bridgehead atoms. The number of pyridine rings is 1. The van der Waals surface area contributed by atoms with Gasteiger partial charge in [0, 0.05) is 30.6 Å². The van der Waals surface area contributed by atoms with Crippen LogP contribution in [0, 0.1) is 0 Å². The van der Waals surface area contributed by atoms with Gasteiger partial charge in [0.15, 0.2) is 5.82 Å². The molecule has 10 heteroatoms. The number of nitrogens with zero attached hydrogens (tertiary/aromatic N) is 6. The Morgan fingerprint density at radius 2 is 1.88 bits per heavy atom. The Bertz CT molecular complexity index is 1250. The number of piperidine rings is 1. The van der Waals surface area contributed by atoms with Crippen LogP contribution in [-0.4, -0.2) is 53.2 Å². The summed E-state index contributed by atoms with van der Waals surface area (Å²) in [6.07, 6.45) is 7.34. The topological polar surface area (TPSA) is 122 Å². The number of H-pyrrole nitrogens is 1. The molecule has 1 aliphatic heterocycles. The highest BCUT2D eigenvalue weighted by molar-refractivity contribution is 6.03. The maximum absolute atomic E-state index is 13.3. The summed E-state index contributed by atoms with van der Waals surface area (Å²) >= 11 is 0. The molecule has 1 unspecified atom stereocenters. The molecule has 5 rings (SSSR count). The molecule has 1 aromatic carbocycles. The fourth-order valence-corrected chi connectivity index (χ4v) is 3.96. The van der Waals surface area contributed by atoms with Crippen molar-refractivity contribution in [3.05, 3.63) is 84.3 Å². The minimum absolute atomic E-state index is 0.150. The highest BCUT2D eigenvalue weighted by Gasteiger charge is 2.32. The zero-order valence-electron chi connectivity index (χ0n) is 17.8. The number of carbonyl (C=O) groups is 2. The molecule has 1 atom stereocenters. The number of para-hydroxylation sites is 1. The number of rotatable bonds is 5. The molecule has 1 aliphatic rings. The molecule has 0 aliphatic carbocycles. The number of aromatic amines is 1. The van der Waals surface area contributed by atoms with E-state index < -0.39 is 0 Å². The van der Waals surface area contributed by atoms with E-state index in [0.717, 1.165) is 30.6 Å². The summed E-state index contributed by atoms with van der Waals surface area (Å²) in [5.74, 6) is 0.0433. The Labute approximate surface area is 189 Å². The summed E-state index contributed by atoms with van der Waals surface area (Å²) < 4.78 is 1.59. The quantitative estimate of drug-likeness (QED) is 0.490. The largest absolute Gasteiger partial charge is 0.327 e. The van der Waals surface area contributed by atoms with Crippen molar-refractivity contribution < 1.29 is 9.59 Å². The Morgan fingerprint density at radius 3 is 2.70 bits per heavy atom. The fourth-order valence-electron chi connectivity index (χ4n) is 3.96. The van der Waals surface area contributed by atoms with Crippen LogP contribution in [-0.2, 0) is 0 Å². The van der Waals surface area contributed by atoms with Gasteiger partial charge in [-0.2, -0.15) is 5.10 Å². The Hall–Kier alpha value is -4.34. The SMILES string of the molecule is O=C(Nc1cc(C2CCCCN2C(=O)c2ncn(-c3ccccc3)n2)[nH]n1)c1ccncc1. The van der Waals surface area contributed by atoms with Crippen LogP contribution in [0.25, 0.3) is 5.69 Å². The molecule has 3 aromatic heterocycles. The minimum atomic E-state index is -0.275. The summed E-state index contributed by atoms with van der Waals surface area (Å²) in [5, 5.41) is 14.4. The van der Waals surface area contributed by atoms with Crippen LogP contribution in [0.3, 0.4) is 0 Å². The number of carbonyl (C=O) groups excluding carboxylic acids is 2. The smallest absolute Gasteiger partial charge is 0.294 e. The van der Waals surface area contributed by atoms with Gasteiger partial charge in [-0.05, 0) is 43.5 Å². The Balaban J connectivity index is 1.33. The van der Waals surface area contributed by atoms with E-state index in [2.05, 4.69) is 30.6 Å². The van der Waals surface area contributed by atoms with Crippen LogP contribution in [0.1, 0.15) is 52.0 Å². The van der Waals surface area contributed by atoms with Crippen LogP contribution in [0.2, 0.25) is 0 Å². The molecule has 0 spiro atoms. The predicted molar refractivity (Wildman–Crippen MR) is 120 cm³/mol. The average Bonchev–Trinajstić information content (AvgIpc) is 3.55. The molecule has 0 saturated carbocycles. The standard InChI is InChI=1S/C23H22N8O2/c32-22(16-9-11-24-12-10-16)26-20-14-18(27-28-20)19-8-4-5-13-30(19)23(33)21-25-15-31(29-21)17-6-2-1-3-7-17/h1-3,6-7,9-12,14-15,19H,4-5,8,13H2,(H2,26,27,28,32). The molecular weight excluding hydrogens is 420 g/mol. The van der Waals surface area contributed by atoms with E-state index in [9.17, 15) is 9.59 Å². The third-order valence-corrected chi connectivity index (χ3v) is 5.61. The number of aromatic nitrogens is 6. The predicted octanol–water partition coefficient (Wildman–Crippen LogP) is 3.01. The van der Waals surface area contributed by atoms with Crippen molar-refractivity contribution in [2.75, 3.05) is 11.9 Å². The van der Waals surface area contributed by atoms with Gasteiger partial charge in [-0.3, -0.25) is 19.7 Å². The Kier molecular flexibility index (Phi) is 5.62. The van der Waals surface area contributed by atoms with Gasteiger partial charge < -0.3 is 10.2 Å². The minimum Gasteiger partial charge on any atom is -0.327 e. The summed E-state index contributed by atoms with van der Waals surface area (Å²) in [6.45, 7) is 0.598. The normalized spacial score (nSPS) is 15.9. The zero-order chi connectivity index (χ0) is 22.6. The lowest BCUT2D eigenvalue weighted by Gasteiger charge is -2.34. The lowest BCUT2D eigenvalue weighted by molar-refractivity contribution is 0.0593. The number of anilines is 1. The monoisotopic (exact) mass is 442 g/mol. The first-order valence-corrected chi connectivity index (χ1v) is 10.7. The van der Waals surface area contributed by atoms with E-state index in [-0.39, 0.29) is 23.7 Å². The second kappa shape index (κ2) is 9.03. The van der Waals surface area contributed by atoms with Gasteiger partial charge in [-0.1, -0.05) is 18.2 Å². The summed E-state index contributed by atoms with van der Waals surface area (Å²) in [7, 11) is 0. The zero-order valence-corrected chi connectivity index (χ0v) is 17.8. The molecule has 33 heavy (non-hydrogen) atoms. The number of amides is 2. The number of hydrogen-bond donors (Lipinski definition) is 2. The third-order valence-electron chi connectivity index (χ3n) is 5.61. The van der Waals surface area contributed by atoms with E-state index in [0.29, 0.717) is 17.9 Å². The first-order chi connectivity index (χ1) is 16.2. The first kappa shape index (κ1) is 20.6. The van der Waals surface area contributed by atoms with Gasteiger partial charge in [0.1, 0.15) is 6.33 Å². The second-order valence-electron chi connectivity index (χ2n) is 7.76. The maximum atomic E-state index is 13.3. The van der Waals surface area contributed by atoms with Gasteiger partial charge in [0.25, 0.3) is 11.8 Å². The highest BCUT2D eigenvalue weighted by Crippen LogP contribution is 2.31.